The van der Waals surface area contributed by atoms with Gasteiger partial charge in [-0.3, -0.25) is 14.9 Å². The number of benzene rings is 1. The Hall–Kier alpha value is -3.49. The van der Waals surface area contributed by atoms with Crippen LogP contribution in [-0.2, 0) is 11.3 Å². The monoisotopic (exact) mass is 314 g/mol. The number of hydrogen-bond acceptors (Lipinski definition) is 6. The highest BCUT2D eigenvalue weighted by molar-refractivity contribution is 5.91. The summed E-state index contributed by atoms with van der Waals surface area (Å²) in [5.74, 6) is -1.16. The van der Waals surface area contributed by atoms with Crippen LogP contribution in [0.15, 0.2) is 51.8 Å². The number of nitrogens with one attached hydrogen (secondary N) is 1. The lowest BCUT2D eigenvalue weighted by atomic mass is 10.3. The van der Waals surface area contributed by atoms with Gasteiger partial charge in [0.15, 0.2) is 11.2 Å². The van der Waals surface area contributed by atoms with Crippen LogP contribution in [0.2, 0.25) is 0 Å². The number of rotatable bonds is 4. The first kappa shape index (κ1) is 14.4. The average Bonchev–Trinajstić information content (AvgIpc) is 2.84. The lowest BCUT2D eigenvalue weighted by molar-refractivity contribution is -0.384. The van der Waals surface area contributed by atoms with Crippen LogP contribution in [0, 0.1) is 10.1 Å². The number of non-ortho nitro benzene ring substituents is 1. The summed E-state index contributed by atoms with van der Waals surface area (Å²) in [6, 6.07) is 8.56. The van der Waals surface area contributed by atoms with Crippen molar-refractivity contribution in [3.05, 3.63) is 63.3 Å². The minimum absolute atomic E-state index is 0.0794. The number of nitro groups is 1. The first-order valence-electron chi connectivity index (χ1n) is 6.53. The lowest BCUT2D eigenvalue weighted by Gasteiger charge is -2.05. The molecule has 0 atom stereocenters. The summed E-state index contributed by atoms with van der Waals surface area (Å²) < 4.78 is 6.09. The molecule has 1 aromatic carbocycles. The molecule has 9 heteroatoms. The van der Waals surface area contributed by atoms with Crippen LogP contribution in [0.1, 0.15) is 0 Å². The summed E-state index contributed by atoms with van der Waals surface area (Å²) in [5, 5.41) is 13.1. The summed E-state index contributed by atoms with van der Waals surface area (Å²) in [5.41, 5.74) is 0.871. The Kier molecular flexibility index (Phi) is 3.59. The van der Waals surface area contributed by atoms with E-state index in [0.29, 0.717) is 11.3 Å². The van der Waals surface area contributed by atoms with Gasteiger partial charge in [-0.25, -0.2) is 14.3 Å². The average molecular weight is 314 g/mol. The molecule has 3 rings (SSSR count). The molecule has 0 aliphatic rings. The van der Waals surface area contributed by atoms with Crippen LogP contribution < -0.4 is 11.1 Å². The highest BCUT2D eigenvalue weighted by Gasteiger charge is 2.14. The topological polar surface area (TPSA) is 120 Å². The number of carbonyl (C=O) groups excluding carboxylic acids is 1. The molecular formula is C14H10N4O5. The zero-order valence-electron chi connectivity index (χ0n) is 11.6. The van der Waals surface area contributed by atoms with Crippen molar-refractivity contribution in [3.63, 3.8) is 0 Å². The second-order valence-corrected chi connectivity index (χ2v) is 4.63. The zero-order chi connectivity index (χ0) is 16.4. The Balaban J connectivity index is 1.77. The van der Waals surface area contributed by atoms with Crippen molar-refractivity contribution in [3.8, 4) is 0 Å². The second kappa shape index (κ2) is 5.72. The second-order valence-electron chi connectivity index (χ2n) is 4.63. The number of anilines is 1. The van der Waals surface area contributed by atoms with E-state index in [-0.39, 0.29) is 17.9 Å². The fraction of sp³-hybridized carbons (Fsp3) is 0.0714. The maximum absolute atomic E-state index is 12.0. The van der Waals surface area contributed by atoms with E-state index in [1.165, 1.54) is 30.5 Å². The Bertz CT molecular complexity index is 942. The van der Waals surface area contributed by atoms with Gasteiger partial charge in [-0.1, -0.05) is 0 Å². The number of carbonyl (C=O) groups is 1. The van der Waals surface area contributed by atoms with Gasteiger partial charge in [0.05, 0.1) is 4.92 Å². The molecule has 9 nitrogen and oxygen atoms in total. The molecule has 0 spiro atoms. The van der Waals surface area contributed by atoms with Crippen LogP contribution >= 0.6 is 0 Å². The Morgan fingerprint density at radius 1 is 1.30 bits per heavy atom. The van der Waals surface area contributed by atoms with Gasteiger partial charge in [0.25, 0.3) is 5.69 Å². The van der Waals surface area contributed by atoms with Gasteiger partial charge in [-0.05, 0) is 24.3 Å². The van der Waals surface area contributed by atoms with Crippen LogP contribution in [-0.4, -0.2) is 20.4 Å². The van der Waals surface area contributed by atoms with E-state index in [1.54, 1.807) is 12.1 Å². The first-order valence-corrected chi connectivity index (χ1v) is 6.53. The summed E-state index contributed by atoms with van der Waals surface area (Å²) in [4.78, 5) is 37.8. The van der Waals surface area contributed by atoms with Crippen molar-refractivity contribution in [1.29, 1.82) is 0 Å². The van der Waals surface area contributed by atoms with Crippen LogP contribution in [0.4, 0.5) is 11.4 Å². The lowest BCUT2D eigenvalue weighted by Crippen LogP contribution is -2.25. The normalized spacial score (nSPS) is 10.6. The molecule has 0 saturated heterocycles. The molecule has 1 amide bonds. The van der Waals surface area contributed by atoms with Gasteiger partial charge in [-0.15, -0.1) is 0 Å². The largest absolute Gasteiger partial charge is 0.421 e. The highest BCUT2D eigenvalue weighted by Crippen LogP contribution is 2.15. The minimum Gasteiger partial charge on any atom is -0.406 e. The van der Waals surface area contributed by atoms with Gasteiger partial charge in [0, 0.05) is 24.0 Å². The smallest absolute Gasteiger partial charge is 0.406 e. The van der Waals surface area contributed by atoms with Crippen molar-refractivity contribution in [2.45, 2.75) is 6.54 Å². The molecule has 0 aliphatic heterocycles. The Morgan fingerprint density at radius 3 is 2.74 bits per heavy atom. The Morgan fingerprint density at radius 2 is 2.04 bits per heavy atom. The molecule has 0 aliphatic carbocycles. The first-order chi connectivity index (χ1) is 11.0. The standard InChI is InChI=1S/C14H10N4O5/c19-12(16-9-3-5-10(6-4-9)18(21)22)8-17-13-11(23-14(17)20)2-1-7-15-13/h1-7H,8H2,(H,16,19). The van der Waals surface area contributed by atoms with Crippen molar-refractivity contribution in [2.75, 3.05) is 5.32 Å². The maximum Gasteiger partial charge on any atom is 0.421 e. The summed E-state index contributed by atoms with van der Waals surface area (Å²) in [7, 11) is 0. The summed E-state index contributed by atoms with van der Waals surface area (Å²) in [6.07, 6.45) is 1.49. The predicted octanol–water partition coefficient (Wildman–Crippen LogP) is 1.54. The quantitative estimate of drug-likeness (QED) is 0.576. The van der Waals surface area contributed by atoms with Crippen molar-refractivity contribution >= 4 is 28.5 Å². The third-order valence-electron chi connectivity index (χ3n) is 3.09. The summed E-state index contributed by atoms with van der Waals surface area (Å²) >= 11 is 0. The van der Waals surface area contributed by atoms with Gasteiger partial charge >= 0.3 is 5.76 Å². The molecule has 3 aromatic rings. The predicted molar refractivity (Wildman–Crippen MR) is 80.0 cm³/mol. The van der Waals surface area contributed by atoms with E-state index in [1.807, 2.05) is 0 Å². The molecule has 0 radical (unpaired) electrons. The van der Waals surface area contributed by atoms with Crippen molar-refractivity contribution in [1.82, 2.24) is 9.55 Å². The zero-order valence-corrected chi connectivity index (χ0v) is 11.6. The molecule has 116 valence electrons. The third kappa shape index (κ3) is 2.93. The van der Waals surface area contributed by atoms with Crippen LogP contribution in [0.3, 0.4) is 0 Å². The number of amides is 1. The van der Waals surface area contributed by atoms with E-state index in [2.05, 4.69) is 10.3 Å². The number of fused-ring (bicyclic) bond motifs is 1. The van der Waals surface area contributed by atoms with Gasteiger partial charge < -0.3 is 9.73 Å². The van der Waals surface area contributed by atoms with Gasteiger partial charge in [0.1, 0.15) is 6.54 Å². The van der Waals surface area contributed by atoms with Crippen LogP contribution in [0.5, 0.6) is 0 Å². The summed E-state index contributed by atoms with van der Waals surface area (Å²) in [6.45, 7) is -0.278. The molecule has 0 fully saturated rings. The fourth-order valence-electron chi connectivity index (χ4n) is 2.05. The fourth-order valence-corrected chi connectivity index (χ4v) is 2.05. The molecule has 2 heterocycles. The van der Waals surface area contributed by atoms with E-state index in [4.69, 9.17) is 4.42 Å². The number of aromatic nitrogens is 2. The van der Waals surface area contributed by atoms with E-state index < -0.39 is 16.6 Å². The number of nitrogens with zero attached hydrogens (tertiary/aromatic N) is 3. The van der Waals surface area contributed by atoms with Crippen LogP contribution in [0.25, 0.3) is 11.2 Å². The van der Waals surface area contributed by atoms with Gasteiger partial charge in [-0.2, -0.15) is 0 Å². The Labute approximate surface area is 128 Å². The number of hydrogen-bond donors (Lipinski definition) is 1. The maximum atomic E-state index is 12.0. The number of oxazole rings is 1. The van der Waals surface area contributed by atoms with E-state index in [9.17, 15) is 19.7 Å². The highest BCUT2D eigenvalue weighted by atomic mass is 16.6. The molecule has 23 heavy (non-hydrogen) atoms. The molecular weight excluding hydrogens is 304 g/mol. The van der Waals surface area contributed by atoms with Crippen molar-refractivity contribution in [2.24, 2.45) is 0 Å². The SMILES string of the molecule is O=C(Cn1c(=O)oc2cccnc21)Nc1ccc([N+](=O)[O-])cc1. The molecule has 0 saturated carbocycles. The molecule has 2 aromatic heterocycles. The van der Waals surface area contributed by atoms with E-state index in [0.717, 1.165) is 4.57 Å². The van der Waals surface area contributed by atoms with Crippen molar-refractivity contribution < 1.29 is 14.1 Å². The number of pyridine rings is 1. The number of nitro benzene ring substituents is 1. The molecule has 0 bridgehead atoms. The third-order valence-corrected chi connectivity index (χ3v) is 3.09. The molecule has 0 unspecified atom stereocenters. The molecule has 1 N–H and O–H groups in total. The van der Waals surface area contributed by atoms with Gasteiger partial charge in [0.2, 0.25) is 5.91 Å². The minimum atomic E-state index is -0.683. The van der Waals surface area contributed by atoms with E-state index >= 15 is 0 Å².